The maximum Gasteiger partial charge on any atom is 0.341 e. The summed E-state index contributed by atoms with van der Waals surface area (Å²) in [6.45, 7) is 1.67. The van der Waals surface area contributed by atoms with E-state index < -0.39 is 15.6 Å². The first kappa shape index (κ1) is 18.0. The summed E-state index contributed by atoms with van der Waals surface area (Å²) in [6, 6.07) is 16.2. The highest BCUT2D eigenvalue weighted by Crippen LogP contribution is 2.32. The minimum atomic E-state index is -4.54. The molecule has 0 saturated carbocycles. The van der Waals surface area contributed by atoms with E-state index in [1.54, 1.807) is 12.1 Å². The van der Waals surface area contributed by atoms with E-state index in [9.17, 15) is 17.2 Å². The van der Waals surface area contributed by atoms with Gasteiger partial charge in [-0.3, -0.25) is 0 Å². The molecular formula is C20H20F2N2O2S. The third-order valence-corrected chi connectivity index (χ3v) is 6.65. The van der Waals surface area contributed by atoms with Crippen molar-refractivity contribution in [2.75, 3.05) is 18.0 Å². The van der Waals surface area contributed by atoms with Gasteiger partial charge in [-0.15, -0.1) is 0 Å². The molecule has 2 aromatic carbocycles. The van der Waals surface area contributed by atoms with Gasteiger partial charge in [0.15, 0.2) is 0 Å². The Hall–Kier alpha value is -2.41. The van der Waals surface area contributed by atoms with Crippen molar-refractivity contribution < 1.29 is 17.2 Å². The second-order valence-electron chi connectivity index (χ2n) is 6.87. The minimum Gasteiger partial charge on any atom is -0.371 e. The number of piperidine rings is 1. The summed E-state index contributed by atoms with van der Waals surface area (Å²) in [5.41, 5.74) is 3.25. The molecular weight excluding hydrogens is 370 g/mol. The Morgan fingerprint density at radius 1 is 1.00 bits per heavy atom. The summed E-state index contributed by atoms with van der Waals surface area (Å²) < 4.78 is 48.3. The molecule has 1 aliphatic rings. The van der Waals surface area contributed by atoms with E-state index in [1.165, 1.54) is 23.2 Å². The predicted octanol–water partition coefficient (Wildman–Crippen LogP) is 4.55. The maximum atomic E-state index is 12.6. The Balaban J connectivity index is 1.44. The zero-order valence-corrected chi connectivity index (χ0v) is 15.4. The lowest BCUT2D eigenvalue weighted by molar-refractivity contribution is 0.234. The van der Waals surface area contributed by atoms with E-state index in [4.69, 9.17) is 0 Å². The molecule has 4 nitrogen and oxygen atoms in total. The number of hydrogen-bond acceptors (Lipinski definition) is 3. The molecule has 27 heavy (non-hydrogen) atoms. The Morgan fingerprint density at radius 2 is 1.67 bits per heavy atom. The summed E-state index contributed by atoms with van der Waals surface area (Å²) in [7, 11) is -4.54. The molecule has 0 spiro atoms. The van der Waals surface area contributed by atoms with Crippen LogP contribution in [0.15, 0.2) is 59.5 Å². The van der Waals surface area contributed by atoms with Gasteiger partial charge in [0.25, 0.3) is 0 Å². The molecule has 4 rings (SSSR count). The van der Waals surface area contributed by atoms with Crippen LogP contribution >= 0.6 is 0 Å². The zero-order chi connectivity index (χ0) is 19.0. The fourth-order valence-electron chi connectivity index (χ4n) is 3.71. The number of fused-ring (bicyclic) bond motifs is 1. The SMILES string of the molecule is O=S(=O)(c1ccc(N2CCC(c3cc4ccccc4[nH]3)CC2)cc1)C(F)F. The molecule has 7 heteroatoms. The fourth-order valence-corrected chi connectivity index (χ4v) is 4.44. The van der Waals surface area contributed by atoms with E-state index in [2.05, 4.69) is 28.1 Å². The molecule has 3 aromatic rings. The van der Waals surface area contributed by atoms with Crippen LogP contribution in [0.25, 0.3) is 10.9 Å². The third kappa shape index (κ3) is 3.43. The number of anilines is 1. The molecule has 0 amide bonds. The lowest BCUT2D eigenvalue weighted by atomic mass is 9.93. The van der Waals surface area contributed by atoms with Crippen LogP contribution in [-0.2, 0) is 9.84 Å². The van der Waals surface area contributed by atoms with Gasteiger partial charge in [0.2, 0.25) is 9.84 Å². The summed E-state index contributed by atoms with van der Waals surface area (Å²) in [6.07, 6.45) is 1.95. The predicted molar refractivity (Wildman–Crippen MR) is 102 cm³/mol. The zero-order valence-electron chi connectivity index (χ0n) is 14.6. The van der Waals surface area contributed by atoms with Crippen LogP contribution < -0.4 is 4.90 Å². The molecule has 142 valence electrons. The largest absolute Gasteiger partial charge is 0.371 e. The van der Waals surface area contributed by atoms with E-state index in [0.717, 1.165) is 37.1 Å². The lowest BCUT2D eigenvalue weighted by Gasteiger charge is -2.33. The molecule has 1 aliphatic heterocycles. The number of nitrogens with one attached hydrogen (secondary N) is 1. The molecule has 0 atom stereocenters. The van der Waals surface area contributed by atoms with Crippen LogP contribution in [0.1, 0.15) is 24.5 Å². The topological polar surface area (TPSA) is 53.2 Å². The molecule has 1 saturated heterocycles. The molecule has 1 N–H and O–H groups in total. The Bertz CT molecular complexity index is 1000. The average Bonchev–Trinajstić information content (AvgIpc) is 3.12. The molecule has 1 aromatic heterocycles. The summed E-state index contributed by atoms with van der Waals surface area (Å²) in [5, 5.41) is 1.21. The highest BCUT2D eigenvalue weighted by atomic mass is 32.2. The number of aromatic nitrogens is 1. The lowest BCUT2D eigenvalue weighted by Crippen LogP contribution is -2.32. The van der Waals surface area contributed by atoms with Gasteiger partial charge in [0.1, 0.15) is 0 Å². The standard InChI is InChI=1S/C20H20F2N2O2S/c21-20(22)27(25,26)17-7-5-16(6-8-17)24-11-9-14(10-12-24)19-13-15-3-1-2-4-18(15)23-19/h1-8,13-14,20,23H,9-12H2. The Labute approximate surface area is 156 Å². The smallest absolute Gasteiger partial charge is 0.341 e. The van der Waals surface area contributed by atoms with Crippen molar-refractivity contribution >= 4 is 26.4 Å². The molecule has 2 heterocycles. The van der Waals surface area contributed by atoms with E-state index >= 15 is 0 Å². The van der Waals surface area contributed by atoms with Crippen molar-refractivity contribution in [1.29, 1.82) is 0 Å². The molecule has 1 fully saturated rings. The molecule has 0 aliphatic carbocycles. The number of para-hydroxylation sites is 1. The number of nitrogens with zero attached hydrogens (tertiary/aromatic N) is 1. The number of hydrogen-bond donors (Lipinski definition) is 1. The van der Waals surface area contributed by atoms with Crippen molar-refractivity contribution in [2.45, 2.75) is 29.4 Å². The fraction of sp³-hybridized carbons (Fsp3) is 0.300. The summed E-state index contributed by atoms with van der Waals surface area (Å²) in [5.74, 6) is -2.94. The van der Waals surface area contributed by atoms with Gasteiger partial charge in [-0.05, 0) is 54.6 Å². The van der Waals surface area contributed by atoms with E-state index in [1.807, 2.05) is 12.1 Å². The number of rotatable bonds is 4. The number of aromatic amines is 1. The highest BCUT2D eigenvalue weighted by Gasteiger charge is 2.27. The quantitative estimate of drug-likeness (QED) is 0.711. The average molecular weight is 390 g/mol. The van der Waals surface area contributed by atoms with Crippen LogP contribution in [0.3, 0.4) is 0 Å². The number of alkyl halides is 2. The van der Waals surface area contributed by atoms with Gasteiger partial charge in [0.05, 0.1) is 4.90 Å². The number of halogens is 2. The second kappa shape index (κ2) is 6.96. The number of benzene rings is 2. The van der Waals surface area contributed by atoms with Gasteiger partial charge >= 0.3 is 5.76 Å². The minimum absolute atomic E-state index is 0.339. The van der Waals surface area contributed by atoms with Crippen molar-refractivity contribution in [3.63, 3.8) is 0 Å². The van der Waals surface area contributed by atoms with Crippen molar-refractivity contribution in [3.8, 4) is 0 Å². The molecule has 0 radical (unpaired) electrons. The van der Waals surface area contributed by atoms with E-state index in [0.29, 0.717) is 5.92 Å². The monoisotopic (exact) mass is 390 g/mol. The first-order valence-electron chi connectivity index (χ1n) is 8.90. The van der Waals surface area contributed by atoms with Gasteiger partial charge in [-0.1, -0.05) is 18.2 Å². The normalized spacial score (nSPS) is 16.3. The number of H-pyrrole nitrogens is 1. The van der Waals surface area contributed by atoms with Crippen molar-refractivity contribution in [3.05, 3.63) is 60.3 Å². The highest BCUT2D eigenvalue weighted by molar-refractivity contribution is 7.91. The van der Waals surface area contributed by atoms with Crippen molar-refractivity contribution in [2.24, 2.45) is 0 Å². The molecule has 0 unspecified atom stereocenters. The maximum absolute atomic E-state index is 12.6. The van der Waals surface area contributed by atoms with Crippen LogP contribution in [0.5, 0.6) is 0 Å². The van der Waals surface area contributed by atoms with E-state index in [-0.39, 0.29) is 4.90 Å². The Kier molecular flexibility index (Phi) is 4.63. The van der Waals surface area contributed by atoms with Crippen LogP contribution in [-0.4, -0.2) is 32.2 Å². The van der Waals surface area contributed by atoms with Gasteiger partial charge in [-0.25, -0.2) is 8.42 Å². The van der Waals surface area contributed by atoms with Crippen molar-refractivity contribution in [1.82, 2.24) is 4.98 Å². The van der Waals surface area contributed by atoms with Gasteiger partial charge in [-0.2, -0.15) is 8.78 Å². The van der Waals surface area contributed by atoms with Crippen LogP contribution in [0.4, 0.5) is 14.5 Å². The Morgan fingerprint density at radius 3 is 2.30 bits per heavy atom. The second-order valence-corrected chi connectivity index (χ2v) is 8.79. The van der Waals surface area contributed by atoms with Gasteiger partial charge < -0.3 is 9.88 Å². The summed E-state index contributed by atoms with van der Waals surface area (Å²) >= 11 is 0. The molecule has 0 bridgehead atoms. The van der Waals surface area contributed by atoms with Gasteiger partial charge in [0, 0.05) is 35.9 Å². The third-order valence-electron chi connectivity index (χ3n) is 5.25. The first-order chi connectivity index (χ1) is 12.9. The van der Waals surface area contributed by atoms with Crippen LogP contribution in [0, 0.1) is 0 Å². The first-order valence-corrected chi connectivity index (χ1v) is 10.4. The van der Waals surface area contributed by atoms with Crippen LogP contribution in [0.2, 0.25) is 0 Å². The summed E-state index contributed by atoms with van der Waals surface area (Å²) in [4.78, 5) is 5.32. The number of sulfone groups is 1.